The van der Waals surface area contributed by atoms with Crippen LogP contribution >= 0.6 is 0 Å². The Labute approximate surface area is 444 Å². The number of hydrogen-bond acceptors (Lipinski definition) is 8. The van der Waals surface area contributed by atoms with Gasteiger partial charge in [0.2, 0.25) is 5.41 Å². The molecule has 0 radical (unpaired) electrons. The predicted octanol–water partition coefficient (Wildman–Crippen LogP) is 17.8. The number of halogens is 6. The number of alkyl halides is 6. The van der Waals surface area contributed by atoms with Crippen LogP contribution in [0, 0.1) is 23.7 Å². The average molecular weight is 1060 g/mol. The minimum absolute atomic E-state index is 0.100. The third-order valence-corrected chi connectivity index (χ3v) is 14.5. The van der Waals surface area contributed by atoms with Crippen LogP contribution < -0.4 is 39.9 Å². The Morgan fingerprint density at radius 1 is 0.387 bits per heavy atom. The van der Waals surface area contributed by atoms with E-state index in [2.05, 4.69) is 55.4 Å². The van der Waals surface area contributed by atoms with Crippen molar-refractivity contribution in [1.29, 1.82) is 0 Å². The Balaban J connectivity index is 1.63. The van der Waals surface area contributed by atoms with Gasteiger partial charge in [-0.15, -0.1) is 0 Å². The van der Waals surface area contributed by atoms with E-state index in [1.165, 1.54) is 0 Å². The van der Waals surface area contributed by atoms with Gasteiger partial charge in [0, 0.05) is 12.1 Å². The summed E-state index contributed by atoms with van der Waals surface area (Å²) in [4.78, 5) is 0. The van der Waals surface area contributed by atoms with Gasteiger partial charge in [-0.2, -0.15) is 26.3 Å². The third kappa shape index (κ3) is 18.5. The first-order valence-corrected chi connectivity index (χ1v) is 27.9. The molecule has 0 heterocycles. The lowest BCUT2D eigenvalue weighted by molar-refractivity contribution is -0.288. The molecule has 75 heavy (non-hydrogen) atoms. The molecule has 0 bridgehead atoms. The van der Waals surface area contributed by atoms with Crippen LogP contribution in [-0.2, 0) is 18.6 Å². The summed E-state index contributed by atoms with van der Waals surface area (Å²) in [6.45, 7) is 18.9. The second-order valence-corrected chi connectivity index (χ2v) is 20.4. The highest BCUT2D eigenvalue weighted by Crippen LogP contribution is 2.57. The molecule has 0 aliphatic carbocycles. The summed E-state index contributed by atoms with van der Waals surface area (Å²) in [7, 11) is 0. The van der Waals surface area contributed by atoms with Gasteiger partial charge in [0.15, 0.2) is 0 Å². The Hall–Kier alpha value is -5.14. The van der Waals surface area contributed by atoms with E-state index < -0.39 is 40.3 Å². The molecule has 4 atom stereocenters. The first-order valence-electron chi connectivity index (χ1n) is 27.9. The van der Waals surface area contributed by atoms with Gasteiger partial charge >= 0.3 is 12.4 Å². The fourth-order valence-corrected chi connectivity index (χ4v) is 9.34. The Morgan fingerprint density at radius 3 is 0.893 bits per heavy atom. The van der Waals surface area contributed by atoms with Crippen LogP contribution in [0.3, 0.4) is 0 Å². The van der Waals surface area contributed by atoms with Gasteiger partial charge in [-0.3, -0.25) is 0 Å². The highest BCUT2D eigenvalue weighted by Gasteiger charge is 2.72. The number of unbranched alkanes of at least 4 members (excludes halogenated alkanes) is 4. The first-order chi connectivity index (χ1) is 35.9. The average Bonchev–Trinajstić information content (AvgIpc) is 3.37. The number of hydrogen-bond donors (Lipinski definition) is 2. The molecule has 0 saturated carbocycles. The summed E-state index contributed by atoms with van der Waals surface area (Å²) in [5.41, 5.74) is 6.15. The second-order valence-electron chi connectivity index (χ2n) is 20.4. The molecule has 4 N–H and O–H groups in total. The van der Waals surface area contributed by atoms with Crippen LogP contribution in [0.25, 0.3) is 0 Å². The van der Waals surface area contributed by atoms with Crippen molar-refractivity contribution in [3.05, 3.63) is 95.1 Å². The molecule has 4 aromatic rings. The normalized spacial score (nSPS) is 13.7. The minimum atomic E-state index is -5.90. The van der Waals surface area contributed by atoms with Crippen LogP contribution in [0.4, 0.5) is 37.7 Å². The smallest absolute Gasteiger partial charge is 0.411 e. The van der Waals surface area contributed by atoms with Gasteiger partial charge in [-0.05, 0) is 120 Å². The molecule has 0 fully saturated rings. The maximum Gasteiger partial charge on any atom is 0.411 e. The van der Waals surface area contributed by atoms with E-state index in [0.29, 0.717) is 96.4 Å². The summed E-state index contributed by atoms with van der Waals surface area (Å²) in [5.74, 6) is 3.49. The van der Waals surface area contributed by atoms with Gasteiger partial charge in [0.1, 0.15) is 47.7 Å². The third-order valence-electron chi connectivity index (χ3n) is 14.5. The van der Waals surface area contributed by atoms with Crippen LogP contribution in [0.1, 0.15) is 180 Å². The monoisotopic (exact) mass is 1060 g/mol. The van der Waals surface area contributed by atoms with Gasteiger partial charge < -0.3 is 39.9 Å². The molecule has 0 aliphatic heterocycles. The van der Waals surface area contributed by atoms with Crippen molar-refractivity contribution in [2.45, 2.75) is 189 Å². The molecule has 0 aliphatic rings. The lowest BCUT2D eigenvalue weighted by Crippen LogP contribution is -2.54. The molecule has 4 rings (SSSR count). The minimum Gasteiger partial charge on any atom is -0.493 e. The zero-order chi connectivity index (χ0) is 55.0. The Morgan fingerprint density at radius 2 is 0.667 bits per heavy atom. The van der Waals surface area contributed by atoms with E-state index in [-0.39, 0.29) is 24.7 Å². The van der Waals surface area contributed by atoms with E-state index in [4.69, 9.17) is 39.9 Å². The van der Waals surface area contributed by atoms with Crippen molar-refractivity contribution < 1.29 is 54.8 Å². The van der Waals surface area contributed by atoms with E-state index in [0.717, 1.165) is 127 Å². The lowest BCUT2D eigenvalue weighted by Gasteiger charge is -2.38. The zero-order valence-corrected chi connectivity index (χ0v) is 46.2. The first kappa shape index (κ1) is 62.4. The largest absolute Gasteiger partial charge is 0.493 e. The van der Waals surface area contributed by atoms with Crippen LogP contribution in [0.5, 0.6) is 34.5 Å². The molecule has 0 spiro atoms. The maximum absolute atomic E-state index is 15.5. The van der Waals surface area contributed by atoms with Crippen molar-refractivity contribution in [1.82, 2.24) is 0 Å². The van der Waals surface area contributed by atoms with Gasteiger partial charge in [0.05, 0.1) is 37.8 Å². The van der Waals surface area contributed by atoms with Crippen molar-refractivity contribution in [3.8, 4) is 34.5 Å². The Kier molecular flexibility index (Phi) is 25.9. The number of rotatable bonds is 36. The number of benzene rings is 4. The highest BCUT2D eigenvalue weighted by atomic mass is 19.4. The van der Waals surface area contributed by atoms with Crippen molar-refractivity contribution >= 4 is 11.4 Å². The van der Waals surface area contributed by atoms with E-state index in [1.54, 1.807) is 24.3 Å². The van der Waals surface area contributed by atoms with E-state index >= 15 is 26.3 Å². The standard InChI is InChI=1S/C61H88F6N2O6/c1-9-17-21-43(13-5)37-70-51-29-47(30-52(35-51)71-38-44(14-6)22-18-10-2)41-74-57-27-25-49(33-55(57)68)59(60(62,63)64,61(65,66)67)50-26-28-58(56(69)34-50)75-42-48-31-53(72-39-45(15-7)23-19-11-3)36-54(32-48)73-40-46(16-8)24-20-12-4/h25-36,43-46H,9-24,37-42,68-69H2,1-8H3. The molecule has 0 saturated heterocycles. The van der Waals surface area contributed by atoms with Crippen LogP contribution in [0.2, 0.25) is 0 Å². The molecular weight excluding hydrogens is 971 g/mol. The SMILES string of the molecule is CCCCC(CC)COc1cc(COc2ccc(C(c3ccc(OCc4cc(OCC(CC)CCCC)cc(OCC(CC)CCCC)c4)c(N)c3)(C(F)(F)F)C(F)(F)F)cc2N)cc(OCC(CC)CCCC)c1. The number of ether oxygens (including phenoxy) is 6. The lowest BCUT2D eigenvalue weighted by atomic mass is 9.72. The summed E-state index contributed by atoms with van der Waals surface area (Å²) < 4.78 is 130. The fourth-order valence-electron chi connectivity index (χ4n) is 9.34. The van der Waals surface area contributed by atoms with Crippen molar-refractivity contribution in [2.75, 3.05) is 37.9 Å². The van der Waals surface area contributed by atoms with E-state index in [1.807, 2.05) is 12.1 Å². The van der Waals surface area contributed by atoms with Crippen molar-refractivity contribution in [3.63, 3.8) is 0 Å². The van der Waals surface area contributed by atoms with Gasteiger partial charge in [0.25, 0.3) is 0 Å². The van der Waals surface area contributed by atoms with Crippen LogP contribution in [-0.4, -0.2) is 38.8 Å². The summed E-state index contributed by atoms with van der Waals surface area (Å²) >= 11 is 0. The molecular formula is C61H88F6N2O6. The predicted molar refractivity (Wildman–Crippen MR) is 291 cm³/mol. The molecule has 14 heteroatoms. The maximum atomic E-state index is 15.5. The number of nitrogen functional groups attached to an aromatic ring is 2. The highest BCUT2D eigenvalue weighted by molar-refractivity contribution is 5.62. The zero-order valence-electron chi connectivity index (χ0n) is 46.2. The summed E-state index contributed by atoms with van der Waals surface area (Å²) in [5, 5.41) is 0. The van der Waals surface area contributed by atoms with E-state index in [9.17, 15) is 0 Å². The molecule has 0 amide bonds. The number of anilines is 2. The van der Waals surface area contributed by atoms with Gasteiger partial charge in [-0.25, -0.2) is 0 Å². The quantitative estimate of drug-likeness (QED) is 0.0343. The second kappa shape index (κ2) is 31.2. The molecule has 8 nitrogen and oxygen atoms in total. The molecule has 420 valence electrons. The Bertz CT molecular complexity index is 2040. The van der Waals surface area contributed by atoms with Gasteiger partial charge in [-0.1, -0.05) is 145 Å². The van der Waals surface area contributed by atoms with Crippen LogP contribution in [0.15, 0.2) is 72.8 Å². The van der Waals surface area contributed by atoms with Crippen molar-refractivity contribution in [2.24, 2.45) is 23.7 Å². The summed E-state index contributed by atoms with van der Waals surface area (Å²) in [6.07, 6.45) is 4.81. The molecule has 4 unspecified atom stereocenters. The fraction of sp³-hybridized carbons (Fsp3) is 0.607. The summed E-state index contributed by atoms with van der Waals surface area (Å²) in [6, 6.07) is 15.7. The molecule has 0 aromatic heterocycles. The topological polar surface area (TPSA) is 107 Å². The molecule has 4 aromatic carbocycles. The number of nitrogens with two attached hydrogens (primary N) is 2.